The fourth-order valence-electron chi connectivity index (χ4n) is 0.250. The van der Waals surface area contributed by atoms with Gasteiger partial charge in [0.1, 0.15) is 0 Å². The van der Waals surface area contributed by atoms with E-state index in [2.05, 4.69) is 27.7 Å². The van der Waals surface area contributed by atoms with E-state index < -0.39 is 0 Å². The second-order valence-electron chi connectivity index (χ2n) is 2.06. The van der Waals surface area contributed by atoms with Crippen LogP contribution in [-0.4, -0.2) is 23.1 Å². The molecule has 12 heavy (non-hydrogen) atoms. The number of unbranched alkanes of at least 4 members (excludes halogenated alkanes) is 3. The zero-order chi connectivity index (χ0) is 7.54. The van der Waals surface area contributed by atoms with E-state index in [-0.39, 0.29) is 45.4 Å². The first-order valence-electron chi connectivity index (χ1n) is 3.91. The van der Waals surface area contributed by atoms with Crippen LogP contribution in [0.5, 0.6) is 0 Å². The molecule has 1 unspecified atom stereocenters. The van der Waals surface area contributed by atoms with Crippen LogP contribution in [0.25, 0.3) is 0 Å². The number of halogens is 1. The third-order valence-corrected chi connectivity index (χ3v) is 0.957. The maximum Gasteiger partial charge on any atom is 2.00 e. The summed E-state index contributed by atoms with van der Waals surface area (Å²) in [6.07, 6.45) is 5.93. The van der Waals surface area contributed by atoms with Crippen LogP contribution in [0.15, 0.2) is 0 Å². The summed E-state index contributed by atoms with van der Waals surface area (Å²) in [7, 11) is 0. The van der Waals surface area contributed by atoms with E-state index >= 15 is 0 Å². The van der Waals surface area contributed by atoms with Crippen LogP contribution in [0.2, 0.25) is 0 Å². The number of rotatable bonds is 3. The van der Waals surface area contributed by atoms with Gasteiger partial charge in [0.2, 0.25) is 0 Å². The van der Waals surface area contributed by atoms with Gasteiger partial charge in [-0.05, 0) is 0 Å². The van der Waals surface area contributed by atoms with Crippen molar-refractivity contribution >= 4 is 45.4 Å². The summed E-state index contributed by atoms with van der Waals surface area (Å²) < 4.78 is 0. The second-order valence-corrected chi connectivity index (χ2v) is 2.06. The molecule has 0 nitrogen and oxygen atoms in total. The zero-order valence-electron chi connectivity index (χ0n) is 8.77. The standard InChI is InChI=1S/C5H11.C4H9.ClH.Mg.H3P/c1-3-5-4-2;1-3-4-2;;;/h1,3-5H2,2H3;1,3-4H2,2H3;1H;;1H3/q2*-1;;+2;. The molecule has 0 saturated carbocycles. The van der Waals surface area contributed by atoms with Crippen LogP contribution in [0.1, 0.15) is 46.0 Å². The summed E-state index contributed by atoms with van der Waals surface area (Å²) in [6.45, 7) is 11.6. The maximum absolute atomic E-state index is 3.68. The normalized spacial score (nSPS) is 6.00. The zero-order valence-corrected chi connectivity index (χ0v) is 12.4. The van der Waals surface area contributed by atoms with Crippen molar-refractivity contribution in [1.29, 1.82) is 0 Å². The summed E-state index contributed by atoms with van der Waals surface area (Å²) in [4.78, 5) is 0. The van der Waals surface area contributed by atoms with Crippen molar-refractivity contribution in [2.45, 2.75) is 46.0 Å². The molecule has 0 fully saturated rings. The van der Waals surface area contributed by atoms with E-state index in [9.17, 15) is 0 Å². The summed E-state index contributed by atoms with van der Waals surface area (Å²) in [5, 5.41) is 0. The fraction of sp³-hybridized carbons (Fsp3) is 0.778. The van der Waals surface area contributed by atoms with E-state index in [4.69, 9.17) is 0 Å². The van der Waals surface area contributed by atoms with Gasteiger partial charge >= 0.3 is 23.1 Å². The van der Waals surface area contributed by atoms with Crippen molar-refractivity contribution in [3.8, 4) is 0 Å². The molecule has 0 rings (SSSR count). The summed E-state index contributed by atoms with van der Waals surface area (Å²) in [6, 6.07) is 0. The Labute approximate surface area is 105 Å². The Bertz CT molecular complexity index is 33.7. The Morgan fingerprint density at radius 2 is 1.25 bits per heavy atom. The molecular weight excluding hydrogens is 199 g/mol. The van der Waals surface area contributed by atoms with Crippen LogP contribution in [0.4, 0.5) is 0 Å². The molecule has 0 heterocycles. The summed E-state index contributed by atoms with van der Waals surface area (Å²) in [5.41, 5.74) is 0. The third kappa shape index (κ3) is 62.8. The van der Waals surface area contributed by atoms with Crippen LogP contribution in [-0.2, 0) is 0 Å². The summed E-state index contributed by atoms with van der Waals surface area (Å²) >= 11 is 0. The molecule has 0 aromatic rings. The number of hydrogen-bond acceptors (Lipinski definition) is 0. The molecule has 0 radical (unpaired) electrons. The Kier molecular flexibility index (Phi) is 95.3. The first kappa shape index (κ1) is 29.2. The Morgan fingerprint density at radius 1 is 0.917 bits per heavy atom. The van der Waals surface area contributed by atoms with Crippen molar-refractivity contribution in [3.63, 3.8) is 0 Å². The van der Waals surface area contributed by atoms with Gasteiger partial charge in [-0.15, -0.1) is 12.4 Å². The quantitative estimate of drug-likeness (QED) is 0.388. The fourth-order valence-corrected chi connectivity index (χ4v) is 0.250. The van der Waals surface area contributed by atoms with Crippen molar-refractivity contribution in [3.05, 3.63) is 13.8 Å². The first-order valence-corrected chi connectivity index (χ1v) is 3.91. The van der Waals surface area contributed by atoms with Crippen LogP contribution >= 0.6 is 22.3 Å². The Morgan fingerprint density at radius 3 is 1.25 bits per heavy atom. The smallest absolute Gasteiger partial charge is 0.343 e. The van der Waals surface area contributed by atoms with Crippen molar-refractivity contribution in [2.75, 3.05) is 0 Å². The molecule has 0 bridgehead atoms. The monoisotopic (exact) mass is 222 g/mol. The van der Waals surface area contributed by atoms with Gasteiger partial charge in [-0.3, -0.25) is 0 Å². The Hall–Kier alpha value is 1.49. The van der Waals surface area contributed by atoms with Crippen LogP contribution in [0, 0.1) is 13.8 Å². The first-order chi connectivity index (χ1) is 4.33. The Balaban J connectivity index is -0.0000000221. The predicted octanol–water partition coefficient (Wildman–Crippen LogP) is 3.73. The average Bonchev–Trinajstić information content (AvgIpc) is 1.91. The molecule has 0 amide bonds. The van der Waals surface area contributed by atoms with Crippen molar-refractivity contribution in [1.82, 2.24) is 0 Å². The van der Waals surface area contributed by atoms with Gasteiger partial charge in [-0.1, -0.05) is 33.1 Å². The van der Waals surface area contributed by atoms with E-state index in [0.29, 0.717) is 0 Å². The van der Waals surface area contributed by atoms with E-state index in [1.165, 1.54) is 19.3 Å². The van der Waals surface area contributed by atoms with Gasteiger partial charge in [0.15, 0.2) is 0 Å². The minimum absolute atomic E-state index is 0. The van der Waals surface area contributed by atoms with Crippen molar-refractivity contribution in [2.24, 2.45) is 0 Å². The van der Waals surface area contributed by atoms with E-state index in [0.717, 1.165) is 12.8 Å². The van der Waals surface area contributed by atoms with Gasteiger partial charge in [0, 0.05) is 0 Å². The molecule has 0 aromatic heterocycles. The molecule has 0 aliphatic carbocycles. The van der Waals surface area contributed by atoms with Gasteiger partial charge < -0.3 is 13.8 Å². The molecular formula is C9H24ClMgP. The molecule has 0 aliphatic rings. The second kappa shape index (κ2) is 39.2. The minimum Gasteiger partial charge on any atom is -0.343 e. The third-order valence-electron chi connectivity index (χ3n) is 0.957. The maximum atomic E-state index is 3.68. The molecule has 0 spiro atoms. The molecule has 74 valence electrons. The molecule has 3 heteroatoms. The van der Waals surface area contributed by atoms with Gasteiger partial charge in [-0.2, -0.15) is 22.7 Å². The molecule has 0 saturated heterocycles. The largest absolute Gasteiger partial charge is 2.00 e. The SMILES string of the molecule is Cl.P.[CH2-]CCC.[CH2-]CCCC.[Mg+2]. The molecule has 0 aliphatic heterocycles. The van der Waals surface area contributed by atoms with E-state index in [1.807, 2.05) is 0 Å². The number of hydrogen-bond donors (Lipinski definition) is 0. The predicted molar refractivity (Wildman–Crippen MR) is 69.3 cm³/mol. The molecule has 0 N–H and O–H groups in total. The van der Waals surface area contributed by atoms with Gasteiger partial charge in [-0.25, -0.2) is 0 Å². The summed E-state index contributed by atoms with van der Waals surface area (Å²) in [5.74, 6) is 0. The van der Waals surface area contributed by atoms with Gasteiger partial charge in [0.25, 0.3) is 0 Å². The van der Waals surface area contributed by atoms with Crippen LogP contribution in [0.3, 0.4) is 0 Å². The molecule has 0 aromatic carbocycles. The van der Waals surface area contributed by atoms with Gasteiger partial charge in [0.05, 0.1) is 0 Å². The average molecular weight is 223 g/mol. The van der Waals surface area contributed by atoms with Crippen molar-refractivity contribution < 1.29 is 0 Å². The topological polar surface area (TPSA) is 0 Å². The minimum atomic E-state index is 0. The molecule has 1 atom stereocenters. The van der Waals surface area contributed by atoms with Crippen LogP contribution < -0.4 is 0 Å². The van der Waals surface area contributed by atoms with E-state index in [1.54, 1.807) is 0 Å².